The lowest BCUT2D eigenvalue weighted by Crippen LogP contribution is -2.47. The molecule has 0 aliphatic carbocycles. The number of halogens is 1. The average molecular weight is 543 g/mol. The van der Waals surface area contributed by atoms with Gasteiger partial charge in [0.2, 0.25) is 5.91 Å². The fourth-order valence-corrected chi connectivity index (χ4v) is 4.71. The molecule has 11 heteroatoms. The van der Waals surface area contributed by atoms with Gasteiger partial charge in [0.15, 0.2) is 0 Å². The monoisotopic (exact) mass is 542 g/mol. The Balaban J connectivity index is 1.59. The molecule has 0 N–H and O–H groups in total. The van der Waals surface area contributed by atoms with E-state index >= 15 is 0 Å². The van der Waals surface area contributed by atoms with Crippen molar-refractivity contribution in [3.8, 4) is 11.5 Å². The molecule has 2 aromatic carbocycles. The van der Waals surface area contributed by atoms with Crippen LogP contribution < -0.4 is 9.47 Å². The van der Waals surface area contributed by atoms with E-state index in [0.717, 1.165) is 24.2 Å². The number of hydrogen-bond donors (Lipinski definition) is 0. The lowest BCUT2D eigenvalue weighted by molar-refractivity contribution is -0.143. The number of hydrazone groups is 1. The van der Waals surface area contributed by atoms with Gasteiger partial charge in [0.1, 0.15) is 30.5 Å². The molecule has 1 atom stereocenters. The summed E-state index contributed by atoms with van der Waals surface area (Å²) < 4.78 is 35.1. The molecule has 2 aromatic rings. The maximum absolute atomic E-state index is 13.7. The fourth-order valence-electron chi connectivity index (χ4n) is 4.71. The molecule has 2 heterocycles. The molecule has 1 saturated heterocycles. The smallest absolute Gasteiger partial charge is 0.262 e. The van der Waals surface area contributed by atoms with E-state index in [4.69, 9.17) is 24.0 Å². The van der Waals surface area contributed by atoms with Crippen LogP contribution in [0.25, 0.3) is 0 Å². The van der Waals surface area contributed by atoms with Gasteiger partial charge in [-0.05, 0) is 29.8 Å². The quantitative estimate of drug-likeness (QED) is 0.430. The molecule has 2 aliphatic rings. The van der Waals surface area contributed by atoms with Crippen molar-refractivity contribution in [2.75, 3.05) is 73.9 Å². The summed E-state index contributed by atoms with van der Waals surface area (Å²) in [6.07, 6.45) is 0.389. The lowest BCUT2D eigenvalue weighted by atomic mass is 9.97. The minimum Gasteiger partial charge on any atom is -0.497 e. The van der Waals surface area contributed by atoms with E-state index in [9.17, 15) is 14.0 Å². The highest BCUT2D eigenvalue weighted by molar-refractivity contribution is 6.05. The van der Waals surface area contributed by atoms with Crippen LogP contribution in [0.1, 0.15) is 23.6 Å². The number of rotatable bonds is 11. The number of carbonyl (C=O) groups excluding carboxylic acids is 2. The molecule has 0 unspecified atom stereocenters. The second-order valence-electron chi connectivity index (χ2n) is 9.33. The molecule has 10 nitrogen and oxygen atoms in total. The van der Waals surface area contributed by atoms with Gasteiger partial charge >= 0.3 is 0 Å². The van der Waals surface area contributed by atoms with Gasteiger partial charge in [-0.3, -0.25) is 14.5 Å². The Morgan fingerprint density at radius 2 is 1.82 bits per heavy atom. The highest BCUT2D eigenvalue weighted by Crippen LogP contribution is 2.36. The van der Waals surface area contributed by atoms with E-state index in [0.29, 0.717) is 49.9 Å². The molecular formula is C28H35FN4O6. The van der Waals surface area contributed by atoms with Crippen LogP contribution in [0.5, 0.6) is 11.5 Å². The molecule has 0 aromatic heterocycles. The predicted molar refractivity (Wildman–Crippen MR) is 142 cm³/mol. The van der Waals surface area contributed by atoms with Gasteiger partial charge in [0, 0.05) is 51.3 Å². The minimum absolute atomic E-state index is 0.130. The van der Waals surface area contributed by atoms with E-state index < -0.39 is 6.04 Å². The van der Waals surface area contributed by atoms with Gasteiger partial charge in [-0.2, -0.15) is 5.10 Å². The summed E-state index contributed by atoms with van der Waals surface area (Å²) in [5, 5.41) is 6.10. The Kier molecular flexibility index (Phi) is 9.85. The molecule has 0 bridgehead atoms. The summed E-state index contributed by atoms with van der Waals surface area (Å²) in [6, 6.07) is 10.9. The molecule has 39 heavy (non-hydrogen) atoms. The second kappa shape index (κ2) is 13.5. The van der Waals surface area contributed by atoms with Crippen LogP contribution in [-0.2, 0) is 19.1 Å². The first-order valence-corrected chi connectivity index (χ1v) is 12.9. The zero-order valence-electron chi connectivity index (χ0n) is 22.6. The summed E-state index contributed by atoms with van der Waals surface area (Å²) in [5.74, 6) is 0.190. The van der Waals surface area contributed by atoms with Crippen molar-refractivity contribution in [2.24, 2.45) is 5.10 Å². The van der Waals surface area contributed by atoms with Gasteiger partial charge in [0.25, 0.3) is 5.91 Å². The molecule has 4 rings (SSSR count). The zero-order chi connectivity index (χ0) is 27.8. The number of carbonyl (C=O) groups is 2. The summed E-state index contributed by atoms with van der Waals surface area (Å²) >= 11 is 0. The van der Waals surface area contributed by atoms with E-state index in [2.05, 4.69) is 4.90 Å². The van der Waals surface area contributed by atoms with Gasteiger partial charge < -0.3 is 23.8 Å². The van der Waals surface area contributed by atoms with E-state index in [1.54, 1.807) is 38.5 Å². The largest absolute Gasteiger partial charge is 0.497 e. The van der Waals surface area contributed by atoms with Crippen molar-refractivity contribution in [3.05, 3.63) is 59.4 Å². The number of morpholine rings is 1. The average Bonchev–Trinajstić information content (AvgIpc) is 3.41. The van der Waals surface area contributed by atoms with E-state index in [1.807, 2.05) is 6.07 Å². The van der Waals surface area contributed by atoms with Crippen LogP contribution in [0.2, 0.25) is 0 Å². The third-order valence-corrected chi connectivity index (χ3v) is 6.88. The number of amides is 2. The van der Waals surface area contributed by atoms with Crippen molar-refractivity contribution < 1.29 is 32.9 Å². The van der Waals surface area contributed by atoms with Crippen molar-refractivity contribution in [3.63, 3.8) is 0 Å². The molecule has 0 saturated carbocycles. The highest BCUT2D eigenvalue weighted by atomic mass is 19.1. The SMILES string of the molecule is COCC(=O)N(CCN1CCOCC1)CC(=O)N1N=C(c2ccc(OC)cc2OC)C[C@@H]1c1ccc(F)cc1. The van der Waals surface area contributed by atoms with E-state index in [-0.39, 0.29) is 30.8 Å². The lowest BCUT2D eigenvalue weighted by Gasteiger charge is -2.31. The molecule has 1 fully saturated rings. The first-order valence-electron chi connectivity index (χ1n) is 12.9. The number of hydrogen-bond acceptors (Lipinski definition) is 8. The summed E-state index contributed by atoms with van der Waals surface area (Å²) in [4.78, 5) is 30.3. The van der Waals surface area contributed by atoms with Crippen LogP contribution in [-0.4, -0.2) is 106 Å². The topological polar surface area (TPSA) is 93.1 Å². The van der Waals surface area contributed by atoms with Crippen molar-refractivity contribution in [1.29, 1.82) is 0 Å². The summed E-state index contributed by atoms with van der Waals surface area (Å²) in [5.41, 5.74) is 2.10. The summed E-state index contributed by atoms with van der Waals surface area (Å²) in [7, 11) is 4.58. The molecular weight excluding hydrogens is 507 g/mol. The first-order chi connectivity index (χ1) is 18.9. The second-order valence-corrected chi connectivity index (χ2v) is 9.33. The molecule has 0 radical (unpaired) electrons. The Morgan fingerprint density at radius 3 is 2.49 bits per heavy atom. The third-order valence-electron chi connectivity index (χ3n) is 6.88. The van der Waals surface area contributed by atoms with Crippen LogP contribution in [0, 0.1) is 5.82 Å². The van der Waals surface area contributed by atoms with Gasteiger partial charge in [-0.25, -0.2) is 9.40 Å². The standard InChI is InChI=1S/C28H35FN4O6/c1-36-19-28(35)32(11-10-31-12-14-39-15-13-31)18-27(34)33-25(20-4-6-21(29)7-5-20)17-24(30-33)23-9-8-22(37-2)16-26(23)38-3/h4-9,16,25H,10-15,17-19H2,1-3H3/t25-/m1/s1. The van der Waals surface area contributed by atoms with E-state index in [1.165, 1.54) is 29.2 Å². The molecule has 210 valence electrons. The zero-order valence-corrected chi connectivity index (χ0v) is 22.6. The van der Waals surface area contributed by atoms with Crippen molar-refractivity contribution >= 4 is 17.5 Å². The molecule has 2 amide bonds. The number of nitrogens with zero attached hydrogens (tertiary/aromatic N) is 4. The Morgan fingerprint density at radius 1 is 1.08 bits per heavy atom. The minimum atomic E-state index is -0.474. The summed E-state index contributed by atoms with van der Waals surface area (Å²) in [6.45, 7) is 3.52. The van der Waals surface area contributed by atoms with Gasteiger partial charge in [-0.15, -0.1) is 0 Å². The van der Waals surface area contributed by atoms with Crippen LogP contribution in [0.4, 0.5) is 4.39 Å². The van der Waals surface area contributed by atoms with Crippen LogP contribution in [0.15, 0.2) is 47.6 Å². The van der Waals surface area contributed by atoms with Crippen LogP contribution in [0.3, 0.4) is 0 Å². The number of benzene rings is 2. The predicted octanol–water partition coefficient (Wildman–Crippen LogP) is 2.33. The molecule has 0 spiro atoms. The van der Waals surface area contributed by atoms with Gasteiger partial charge in [0.05, 0.1) is 39.2 Å². The number of methoxy groups -OCH3 is 3. The molecule has 2 aliphatic heterocycles. The first kappa shape index (κ1) is 28.5. The Hall–Kier alpha value is -3.54. The number of ether oxygens (including phenoxy) is 4. The Labute approximate surface area is 227 Å². The maximum Gasteiger partial charge on any atom is 0.262 e. The fraction of sp³-hybridized carbons (Fsp3) is 0.464. The van der Waals surface area contributed by atoms with Gasteiger partial charge in [-0.1, -0.05) is 12.1 Å². The van der Waals surface area contributed by atoms with Crippen molar-refractivity contribution in [1.82, 2.24) is 14.8 Å². The van der Waals surface area contributed by atoms with Crippen LogP contribution >= 0.6 is 0 Å². The van der Waals surface area contributed by atoms with Crippen molar-refractivity contribution in [2.45, 2.75) is 12.5 Å². The third kappa shape index (κ3) is 7.11. The highest BCUT2D eigenvalue weighted by Gasteiger charge is 2.35. The maximum atomic E-state index is 13.7. The Bertz CT molecular complexity index is 1170. The normalized spacial score (nSPS) is 17.6.